The monoisotopic (exact) mass is 424 g/mol. The van der Waals surface area contributed by atoms with Crippen molar-refractivity contribution in [3.05, 3.63) is 59.8 Å². The molecular weight excluding hydrogens is 400 g/mol. The van der Waals surface area contributed by atoms with E-state index in [0.717, 1.165) is 11.1 Å². The highest BCUT2D eigenvalue weighted by molar-refractivity contribution is 5.93. The van der Waals surface area contributed by atoms with E-state index in [1.54, 1.807) is 36.3 Å². The van der Waals surface area contributed by atoms with Crippen LogP contribution in [0.1, 0.15) is 15.9 Å². The summed E-state index contributed by atoms with van der Waals surface area (Å²) in [6.07, 6.45) is 1.60. The largest absolute Gasteiger partial charge is 0.496 e. The molecule has 1 amide bonds. The minimum Gasteiger partial charge on any atom is -0.496 e. The van der Waals surface area contributed by atoms with Crippen LogP contribution in [0.2, 0.25) is 0 Å². The van der Waals surface area contributed by atoms with Gasteiger partial charge in [-0.15, -0.1) is 0 Å². The summed E-state index contributed by atoms with van der Waals surface area (Å²) in [7, 11) is 4.48. The van der Waals surface area contributed by atoms with Gasteiger partial charge in [0.2, 0.25) is 5.91 Å². The molecule has 1 heterocycles. The molecule has 31 heavy (non-hydrogen) atoms. The van der Waals surface area contributed by atoms with Gasteiger partial charge in [-0.2, -0.15) is 0 Å². The first-order chi connectivity index (χ1) is 15.0. The molecule has 162 valence electrons. The highest BCUT2D eigenvalue weighted by atomic mass is 16.5. The topological polar surface area (TPSA) is 120 Å². The smallest absolute Gasteiger partial charge is 0.341 e. The molecule has 9 nitrogen and oxygen atoms in total. The SMILES string of the molecule is COC(=O)c1ccc(Nc2ncc(-c3ccccc3CN(C)C(=O)CN)o2)cc1OC. The number of ether oxygens (including phenoxy) is 2. The summed E-state index contributed by atoms with van der Waals surface area (Å²) in [5, 5.41) is 3.05. The van der Waals surface area contributed by atoms with Crippen molar-refractivity contribution >= 4 is 23.6 Å². The lowest BCUT2D eigenvalue weighted by molar-refractivity contribution is -0.128. The third-order valence-corrected chi connectivity index (χ3v) is 4.65. The van der Waals surface area contributed by atoms with Gasteiger partial charge in [-0.25, -0.2) is 9.78 Å². The number of methoxy groups -OCH3 is 2. The first-order valence-corrected chi connectivity index (χ1v) is 9.48. The zero-order chi connectivity index (χ0) is 22.4. The predicted molar refractivity (Wildman–Crippen MR) is 115 cm³/mol. The lowest BCUT2D eigenvalue weighted by atomic mass is 10.1. The van der Waals surface area contributed by atoms with Gasteiger partial charge in [0, 0.05) is 30.9 Å². The van der Waals surface area contributed by atoms with Gasteiger partial charge in [0.15, 0.2) is 5.76 Å². The van der Waals surface area contributed by atoms with Gasteiger partial charge in [-0.05, 0) is 17.7 Å². The summed E-state index contributed by atoms with van der Waals surface area (Å²) >= 11 is 0. The number of likely N-dealkylation sites (N-methyl/N-ethyl adjacent to an activating group) is 1. The molecule has 0 saturated carbocycles. The number of esters is 1. The van der Waals surface area contributed by atoms with Crippen LogP contribution in [0.3, 0.4) is 0 Å². The van der Waals surface area contributed by atoms with Crippen LogP contribution in [0, 0.1) is 0 Å². The number of carbonyl (C=O) groups is 2. The number of nitrogens with one attached hydrogen (secondary N) is 1. The van der Waals surface area contributed by atoms with Crippen LogP contribution in [-0.4, -0.2) is 49.6 Å². The number of rotatable bonds is 8. The number of anilines is 2. The molecule has 3 aromatic rings. The van der Waals surface area contributed by atoms with Crippen LogP contribution in [0.4, 0.5) is 11.7 Å². The number of carbonyl (C=O) groups excluding carboxylic acids is 2. The molecule has 3 N–H and O–H groups in total. The number of amides is 1. The molecule has 1 aromatic heterocycles. The lowest BCUT2D eigenvalue weighted by Gasteiger charge is -2.17. The molecule has 0 bridgehead atoms. The Morgan fingerprint density at radius 2 is 1.97 bits per heavy atom. The zero-order valence-corrected chi connectivity index (χ0v) is 17.5. The minimum absolute atomic E-state index is 0.0483. The molecule has 0 radical (unpaired) electrons. The van der Waals surface area contributed by atoms with Crippen LogP contribution < -0.4 is 15.8 Å². The second kappa shape index (κ2) is 9.77. The molecule has 0 atom stereocenters. The van der Waals surface area contributed by atoms with E-state index < -0.39 is 5.97 Å². The van der Waals surface area contributed by atoms with Crippen LogP contribution in [-0.2, 0) is 16.1 Å². The standard InChI is InChI=1S/C22H24N4O5/c1-26(20(27)11-23)13-14-6-4-5-7-16(14)19-12-24-22(31-19)25-15-8-9-17(21(28)30-3)18(10-15)29-2/h4-10,12H,11,13,23H2,1-3H3,(H,24,25). The maximum atomic E-state index is 11.8. The molecule has 0 unspecified atom stereocenters. The summed E-state index contributed by atoms with van der Waals surface area (Å²) in [5.74, 6) is 0.266. The summed E-state index contributed by atoms with van der Waals surface area (Å²) < 4.78 is 15.9. The maximum Gasteiger partial charge on any atom is 0.341 e. The Kier molecular flexibility index (Phi) is 6.88. The third-order valence-electron chi connectivity index (χ3n) is 4.65. The molecule has 0 spiro atoms. The van der Waals surface area contributed by atoms with E-state index in [1.807, 2.05) is 24.3 Å². The van der Waals surface area contributed by atoms with Crippen molar-refractivity contribution in [2.24, 2.45) is 5.73 Å². The maximum absolute atomic E-state index is 11.8. The van der Waals surface area contributed by atoms with Gasteiger partial charge in [-0.1, -0.05) is 24.3 Å². The van der Waals surface area contributed by atoms with Gasteiger partial charge in [0.05, 0.1) is 27.0 Å². The third kappa shape index (κ3) is 5.01. The van der Waals surface area contributed by atoms with E-state index in [1.165, 1.54) is 14.2 Å². The number of aromatic nitrogens is 1. The van der Waals surface area contributed by atoms with E-state index in [-0.39, 0.29) is 18.5 Å². The molecule has 0 aliphatic heterocycles. The summed E-state index contributed by atoms with van der Waals surface area (Å²) in [6, 6.07) is 12.8. The van der Waals surface area contributed by atoms with E-state index in [2.05, 4.69) is 10.3 Å². The van der Waals surface area contributed by atoms with Gasteiger partial charge in [-0.3, -0.25) is 4.79 Å². The molecule has 0 aliphatic rings. The van der Waals surface area contributed by atoms with Crippen molar-refractivity contribution in [2.45, 2.75) is 6.54 Å². The van der Waals surface area contributed by atoms with Crippen molar-refractivity contribution in [3.8, 4) is 17.1 Å². The number of benzene rings is 2. The van der Waals surface area contributed by atoms with Gasteiger partial charge < -0.3 is 29.8 Å². The van der Waals surface area contributed by atoms with Gasteiger partial charge in [0.25, 0.3) is 6.01 Å². The minimum atomic E-state index is -0.489. The normalized spacial score (nSPS) is 10.5. The Morgan fingerprint density at radius 1 is 1.19 bits per heavy atom. The molecule has 9 heteroatoms. The van der Waals surface area contributed by atoms with E-state index in [4.69, 9.17) is 19.6 Å². The van der Waals surface area contributed by atoms with E-state index >= 15 is 0 Å². The number of nitrogens with zero attached hydrogens (tertiary/aromatic N) is 2. The molecule has 0 aliphatic carbocycles. The molecule has 2 aromatic carbocycles. The van der Waals surface area contributed by atoms with Crippen LogP contribution in [0.25, 0.3) is 11.3 Å². The fraction of sp³-hybridized carbons (Fsp3) is 0.227. The fourth-order valence-electron chi connectivity index (χ4n) is 3.03. The van der Waals surface area contributed by atoms with Crippen molar-refractivity contribution in [1.82, 2.24) is 9.88 Å². The lowest BCUT2D eigenvalue weighted by Crippen LogP contribution is -2.32. The number of hydrogen-bond acceptors (Lipinski definition) is 8. The van der Waals surface area contributed by atoms with Crippen LogP contribution >= 0.6 is 0 Å². The summed E-state index contributed by atoms with van der Waals surface area (Å²) in [6.45, 7) is 0.342. The Morgan fingerprint density at radius 3 is 2.68 bits per heavy atom. The van der Waals surface area contributed by atoms with E-state index in [9.17, 15) is 9.59 Å². The van der Waals surface area contributed by atoms with Crippen LogP contribution in [0.5, 0.6) is 5.75 Å². The zero-order valence-electron chi connectivity index (χ0n) is 17.5. The highest BCUT2D eigenvalue weighted by Crippen LogP contribution is 2.30. The average Bonchev–Trinajstić information content (AvgIpc) is 3.26. The Labute approximate surface area is 179 Å². The number of hydrogen-bond donors (Lipinski definition) is 2. The van der Waals surface area contributed by atoms with Gasteiger partial charge >= 0.3 is 5.97 Å². The second-order valence-electron chi connectivity index (χ2n) is 6.67. The fourth-order valence-corrected chi connectivity index (χ4v) is 3.03. The van der Waals surface area contributed by atoms with Crippen molar-refractivity contribution in [2.75, 3.05) is 33.1 Å². The Bertz CT molecular complexity index is 1080. The first kappa shape index (κ1) is 21.8. The van der Waals surface area contributed by atoms with Crippen LogP contribution in [0.15, 0.2) is 53.1 Å². The molecule has 0 fully saturated rings. The Balaban J connectivity index is 1.82. The first-order valence-electron chi connectivity index (χ1n) is 9.48. The van der Waals surface area contributed by atoms with Crippen molar-refractivity contribution < 1.29 is 23.5 Å². The highest BCUT2D eigenvalue weighted by Gasteiger charge is 2.16. The van der Waals surface area contributed by atoms with E-state index in [0.29, 0.717) is 29.3 Å². The molecule has 0 saturated heterocycles. The molecule has 3 rings (SSSR count). The predicted octanol–water partition coefficient (Wildman–Crippen LogP) is 2.80. The molecular formula is C22H24N4O5. The Hall–Kier alpha value is -3.85. The van der Waals surface area contributed by atoms with Gasteiger partial charge in [0.1, 0.15) is 11.3 Å². The van der Waals surface area contributed by atoms with Crippen molar-refractivity contribution in [1.29, 1.82) is 0 Å². The quantitative estimate of drug-likeness (QED) is 0.530. The summed E-state index contributed by atoms with van der Waals surface area (Å²) in [4.78, 5) is 29.5. The summed E-state index contributed by atoms with van der Waals surface area (Å²) in [5.41, 5.74) is 8.10. The second-order valence-corrected chi connectivity index (χ2v) is 6.67. The average molecular weight is 424 g/mol. The number of nitrogens with two attached hydrogens (primary N) is 1. The van der Waals surface area contributed by atoms with Crippen molar-refractivity contribution in [3.63, 3.8) is 0 Å². The number of oxazole rings is 1.